The first kappa shape index (κ1) is 22.2. The zero-order valence-corrected chi connectivity index (χ0v) is 17.9. The molecule has 7 nitrogen and oxygen atoms in total. The summed E-state index contributed by atoms with van der Waals surface area (Å²) in [5, 5.41) is 10.7. The summed E-state index contributed by atoms with van der Waals surface area (Å²) in [4.78, 5) is 28.1. The van der Waals surface area contributed by atoms with Gasteiger partial charge in [0.25, 0.3) is 5.91 Å². The summed E-state index contributed by atoms with van der Waals surface area (Å²) >= 11 is 1.08. The summed E-state index contributed by atoms with van der Waals surface area (Å²) in [5.74, 6) is -1.17. The van der Waals surface area contributed by atoms with E-state index < -0.39 is 23.3 Å². The molecule has 0 radical (unpaired) electrons. The van der Waals surface area contributed by atoms with Crippen molar-refractivity contribution >= 4 is 34.0 Å². The second-order valence-electron chi connectivity index (χ2n) is 6.90. The second-order valence-corrected chi connectivity index (χ2v) is 7.76. The van der Waals surface area contributed by atoms with Gasteiger partial charge in [-0.2, -0.15) is 18.3 Å². The molecule has 0 atom stereocenters. The SMILES string of the molecule is CC(=O)Nc1ccc(-c2csc(NC(=O)c3cnn(-c4ccccc4)c3C(F)(F)F)n2)cc1. The first-order valence-corrected chi connectivity index (χ1v) is 10.5. The van der Waals surface area contributed by atoms with Crippen molar-refractivity contribution in [2.75, 3.05) is 10.6 Å². The number of aromatic nitrogens is 3. The Morgan fingerprint density at radius 2 is 1.70 bits per heavy atom. The molecule has 0 unspecified atom stereocenters. The Balaban J connectivity index is 1.57. The van der Waals surface area contributed by atoms with E-state index in [0.717, 1.165) is 17.5 Å². The predicted octanol–water partition coefficient (Wildman–Crippen LogP) is 5.23. The number of thiazole rings is 1. The highest BCUT2D eigenvalue weighted by Crippen LogP contribution is 2.34. The third-order valence-corrected chi connectivity index (χ3v) is 5.27. The molecule has 0 aliphatic carbocycles. The maximum Gasteiger partial charge on any atom is 0.434 e. The van der Waals surface area contributed by atoms with E-state index in [1.807, 2.05) is 0 Å². The molecule has 0 fully saturated rings. The molecule has 33 heavy (non-hydrogen) atoms. The Morgan fingerprint density at radius 3 is 2.33 bits per heavy atom. The molecule has 2 amide bonds. The normalized spacial score (nSPS) is 11.3. The molecule has 0 spiro atoms. The van der Waals surface area contributed by atoms with Gasteiger partial charge >= 0.3 is 6.18 Å². The van der Waals surface area contributed by atoms with Crippen LogP contribution in [0, 0.1) is 0 Å². The third-order valence-electron chi connectivity index (χ3n) is 4.51. The van der Waals surface area contributed by atoms with Crippen molar-refractivity contribution in [2.45, 2.75) is 13.1 Å². The maximum atomic E-state index is 13.8. The number of benzene rings is 2. The summed E-state index contributed by atoms with van der Waals surface area (Å²) < 4.78 is 42.0. The lowest BCUT2D eigenvalue weighted by Gasteiger charge is -2.12. The minimum atomic E-state index is -4.80. The van der Waals surface area contributed by atoms with Gasteiger partial charge in [0.1, 0.15) is 0 Å². The van der Waals surface area contributed by atoms with Gasteiger partial charge in [0.2, 0.25) is 5.91 Å². The lowest BCUT2D eigenvalue weighted by atomic mass is 10.1. The van der Waals surface area contributed by atoms with E-state index in [2.05, 4.69) is 20.7 Å². The van der Waals surface area contributed by atoms with Crippen LogP contribution in [-0.4, -0.2) is 26.6 Å². The number of carbonyl (C=O) groups is 2. The van der Waals surface area contributed by atoms with Crippen molar-refractivity contribution in [1.29, 1.82) is 0 Å². The van der Waals surface area contributed by atoms with E-state index in [1.54, 1.807) is 47.8 Å². The van der Waals surface area contributed by atoms with E-state index in [0.29, 0.717) is 21.6 Å². The number of nitrogens with one attached hydrogen (secondary N) is 2. The molecule has 0 bridgehead atoms. The zero-order valence-electron chi connectivity index (χ0n) is 17.1. The van der Waals surface area contributed by atoms with Crippen LogP contribution in [0.2, 0.25) is 0 Å². The molecular weight excluding hydrogens is 455 g/mol. The number of hydrogen-bond donors (Lipinski definition) is 2. The summed E-state index contributed by atoms with van der Waals surface area (Å²) in [6.45, 7) is 1.40. The molecule has 11 heteroatoms. The van der Waals surface area contributed by atoms with Crippen LogP contribution in [0.25, 0.3) is 16.9 Å². The smallest absolute Gasteiger partial charge is 0.326 e. The van der Waals surface area contributed by atoms with Crippen LogP contribution in [0.5, 0.6) is 0 Å². The number of amides is 2. The monoisotopic (exact) mass is 471 g/mol. The first-order chi connectivity index (χ1) is 15.7. The van der Waals surface area contributed by atoms with E-state index in [4.69, 9.17) is 0 Å². The molecule has 2 aromatic carbocycles. The molecule has 0 aliphatic rings. The molecule has 168 valence electrons. The largest absolute Gasteiger partial charge is 0.434 e. The van der Waals surface area contributed by atoms with Gasteiger partial charge in [0.15, 0.2) is 10.8 Å². The van der Waals surface area contributed by atoms with Crippen molar-refractivity contribution in [3.63, 3.8) is 0 Å². The van der Waals surface area contributed by atoms with Crippen molar-refractivity contribution in [3.05, 3.63) is 77.4 Å². The van der Waals surface area contributed by atoms with Gasteiger partial charge in [-0.3, -0.25) is 14.9 Å². The van der Waals surface area contributed by atoms with Gasteiger partial charge in [-0.15, -0.1) is 11.3 Å². The van der Waals surface area contributed by atoms with Crippen molar-refractivity contribution in [1.82, 2.24) is 14.8 Å². The van der Waals surface area contributed by atoms with Gasteiger partial charge in [-0.25, -0.2) is 9.67 Å². The van der Waals surface area contributed by atoms with Crippen LogP contribution in [0.3, 0.4) is 0 Å². The highest BCUT2D eigenvalue weighted by atomic mass is 32.1. The molecule has 0 saturated carbocycles. The fourth-order valence-electron chi connectivity index (χ4n) is 3.11. The molecule has 4 rings (SSSR count). The van der Waals surface area contributed by atoms with Crippen LogP contribution in [0.1, 0.15) is 23.0 Å². The van der Waals surface area contributed by atoms with E-state index in [9.17, 15) is 22.8 Å². The fourth-order valence-corrected chi connectivity index (χ4v) is 3.82. The Hall–Kier alpha value is -3.99. The molecule has 0 aliphatic heterocycles. The van der Waals surface area contributed by atoms with Crippen molar-refractivity contribution in [3.8, 4) is 16.9 Å². The summed E-state index contributed by atoms with van der Waals surface area (Å²) in [6.07, 6.45) is -3.91. The summed E-state index contributed by atoms with van der Waals surface area (Å²) in [7, 11) is 0. The lowest BCUT2D eigenvalue weighted by molar-refractivity contribution is -0.143. The van der Waals surface area contributed by atoms with E-state index >= 15 is 0 Å². The fraction of sp³-hybridized carbons (Fsp3) is 0.0909. The number of alkyl halides is 3. The first-order valence-electron chi connectivity index (χ1n) is 9.58. The minimum absolute atomic E-state index is 0.140. The topological polar surface area (TPSA) is 88.9 Å². The molecule has 2 N–H and O–H groups in total. The molecule has 4 aromatic rings. The van der Waals surface area contributed by atoms with Crippen molar-refractivity contribution < 1.29 is 22.8 Å². The average molecular weight is 471 g/mol. The van der Waals surface area contributed by atoms with Crippen LogP contribution in [0.15, 0.2) is 66.2 Å². The summed E-state index contributed by atoms with van der Waals surface area (Å²) in [6, 6.07) is 14.6. The number of carbonyl (C=O) groups excluding carboxylic acids is 2. The van der Waals surface area contributed by atoms with Crippen LogP contribution < -0.4 is 10.6 Å². The van der Waals surface area contributed by atoms with Gasteiger partial charge in [0, 0.05) is 23.6 Å². The van der Waals surface area contributed by atoms with Crippen molar-refractivity contribution in [2.24, 2.45) is 0 Å². The molecule has 2 aromatic heterocycles. The van der Waals surface area contributed by atoms with Gasteiger partial charge < -0.3 is 5.32 Å². The van der Waals surface area contributed by atoms with Crippen LogP contribution in [0.4, 0.5) is 24.0 Å². The van der Waals surface area contributed by atoms with E-state index in [1.165, 1.54) is 19.1 Å². The number of hydrogen-bond acceptors (Lipinski definition) is 5. The average Bonchev–Trinajstić information content (AvgIpc) is 3.42. The number of anilines is 2. The highest BCUT2D eigenvalue weighted by molar-refractivity contribution is 7.14. The minimum Gasteiger partial charge on any atom is -0.326 e. The molecular formula is C22H16F3N5O2S. The number of nitrogens with zero attached hydrogens (tertiary/aromatic N) is 3. The quantitative estimate of drug-likeness (QED) is 0.417. The molecule has 2 heterocycles. The van der Waals surface area contributed by atoms with Gasteiger partial charge in [-0.1, -0.05) is 30.3 Å². The van der Waals surface area contributed by atoms with Gasteiger partial charge in [0.05, 0.1) is 23.1 Å². The van der Waals surface area contributed by atoms with Crippen LogP contribution in [-0.2, 0) is 11.0 Å². The second kappa shape index (κ2) is 8.87. The number of halogens is 3. The van der Waals surface area contributed by atoms with Gasteiger partial charge in [-0.05, 0) is 24.3 Å². The summed E-state index contributed by atoms with van der Waals surface area (Å²) in [5.41, 5.74) is 0.266. The predicted molar refractivity (Wildman–Crippen MR) is 118 cm³/mol. The number of rotatable bonds is 5. The Kier molecular flexibility index (Phi) is 5.97. The molecule has 0 saturated heterocycles. The standard InChI is InChI=1S/C22H16F3N5O2S/c1-13(31)27-15-9-7-14(8-10-15)18-12-33-21(28-18)29-20(32)17-11-26-30(19(17)22(23,24)25)16-5-3-2-4-6-16/h2-12H,1H3,(H,27,31)(H,28,29,32). The Morgan fingerprint density at radius 1 is 1.00 bits per heavy atom. The maximum absolute atomic E-state index is 13.8. The third kappa shape index (κ3) is 4.93. The Bertz CT molecular complexity index is 1300. The lowest BCUT2D eigenvalue weighted by Crippen LogP contribution is -2.20. The number of para-hydroxylation sites is 1. The van der Waals surface area contributed by atoms with Crippen LogP contribution >= 0.6 is 11.3 Å². The van der Waals surface area contributed by atoms with E-state index in [-0.39, 0.29) is 16.7 Å². The highest BCUT2D eigenvalue weighted by Gasteiger charge is 2.40. The zero-order chi connectivity index (χ0) is 23.6. The Labute approximate surface area is 189 Å².